The first-order valence-corrected chi connectivity index (χ1v) is 4.75. The maximum absolute atomic E-state index is 5.23. The van der Waals surface area contributed by atoms with Crippen molar-refractivity contribution in [2.75, 3.05) is 14.2 Å². The van der Waals surface area contributed by atoms with Crippen LogP contribution in [0.5, 0.6) is 5.75 Å². The fraction of sp³-hybridized carbons (Fsp3) is 0.250. The molecule has 1 heterocycles. The molecule has 0 radical (unpaired) electrons. The molecule has 3 heteroatoms. The van der Waals surface area contributed by atoms with Gasteiger partial charge in [-0.05, 0) is 17.7 Å². The van der Waals surface area contributed by atoms with Gasteiger partial charge in [0.25, 0.3) is 0 Å². The largest absolute Gasteiger partial charge is 0.494 e. The van der Waals surface area contributed by atoms with Crippen molar-refractivity contribution in [2.45, 2.75) is 6.61 Å². The van der Waals surface area contributed by atoms with Crippen LogP contribution < -0.4 is 4.74 Å². The van der Waals surface area contributed by atoms with Crippen LogP contribution in [0.25, 0.3) is 10.9 Å². The molecule has 0 unspecified atom stereocenters. The zero-order valence-electron chi connectivity index (χ0n) is 8.86. The van der Waals surface area contributed by atoms with Crippen molar-refractivity contribution in [1.82, 2.24) is 4.98 Å². The Hall–Kier alpha value is -1.61. The molecule has 0 amide bonds. The Bertz CT molecular complexity index is 468. The van der Waals surface area contributed by atoms with Gasteiger partial charge in [0.1, 0.15) is 11.3 Å². The van der Waals surface area contributed by atoms with Gasteiger partial charge in [-0.1, -0.05) is 12.1 Å². The first-order valence-electron chi connectivity index (χ1n) is 4.75. The normalized spacial score (nSPS) is 10.5. The van der Waals surface area contributed by atoms with Crippen LogP contribution in [0, 0.1) is 0 Å². The van der Waals surface area contributed by atoms with Gasteiger partial charge in [0.15, 0.2) is 0 Å². The molecule has 15 heavy (non-hydrogen) atoms. The predicted octanol–water partition coefficient (Wildman–Crippen LogP) is 2.39. The second-order valence-electron chi connectivity index (χ2n) is 3.31. The molecule has 2 aromatic rings. The summed E-state index contributed by atoms with van der Waals surface area (Å²) < 4.78 is 10.3. The lowest BCUT2D eigenvalue weighted by molar-refractivity contribution is 0.184. The molecule has 0 fully saturated rings. The number of fused-ring (bicyclic) bond motifs is 1. The van der Waals surface area contributed by atoms with Gasteiger partial charge in [-0.3, -0.25) is 4.98 Å². The van der Waals surface area contributed by atoms with Crippen LogP contribution in [-0.4, -0.2) is 19.2 Å². The summed E-state index contributed by atoms with van der Waals surface area (Å²) >= 11 is 0. The van der Waals surface area contributed by atoms with Crippen molar-refractivity contribution >= 4 is 10.9 Å². The van der Waals surface area contributed by atoms with Crippen molar-refractivity contribution in [3.63, 3.8) is 0 Å². The maximum Gasteiger partial charge on any atom is 0.145 e. The summed E-state index contributed by atoms with van der Waals surface area (Å²) in [6.45, 7) is 0.583. The Morgan fingerprint density at radius 3 is 2.87 bits per heavy atom. The molecule has 0 aliphatic carbocycles. The lowest BCUT2D eigenvalue weighted by Gasteiger charge is -2.05. The van der Waals surface area contributed by atoms with Gasteiger partial charge in [-0.25, -0.2) is 0 Å². The number of aromatic nitrogens is 1. The summed E-state index contributed by atoms with van der Waals surface area (Å²) in [6.07, 6.45) is 1.81. The summed E-state index contributed by atoms with van der Waals surface area (Å²) in [5, 5.41) is 1.07. The van der Waals surface area contributed by atoms with E-state index in [2.05, 4.69) is 11.1 Å². The molecule has 0 atom stereocenters. The number of pyridine rings is 1. The number of para-hydroxylation sites is 1. The van der Waals surface area contributed by atoms with Crippen molar-refractivity contribution in [3.05, 3.63) is 36.0 Å². The van der Waals surface area contributed by atoms with Gasteiger partial charge in [0.2, 0.25) is 0 Å². The van der Waals surface area contributed by atoms with Gasteiger partial charge in [-0.15, -0.1) is 0 Å². The highest BCUT2D eigenvalue weighted by molar-refractivity contribution is 5.84. The molecule has 0 spiro atoms. The average molecular weight is 203 g/mol. The SMILES string of the molecule is COCc1cnc2c(OC)cccc2c1. The van der Waals surface area contributed by atoms with Gasteiger partial charge >= 0.3 is 0 Å². The van der Waals surface area contributed by atoms with Gasteiger partial charge in [0.05, 0.1) is 13.7 Å². The Labute approximate surface area is 88.7 Å². The van der Waals surface area contributed by atoms with E-state index in [1.54, 1.807) is 14.2 Å². The number of ether oxygens (including phenoxy) is 2. The van der Waals surface area contributed by atoms with Crippen molar-refractivity contribution in [3.8, 4) is 5.75 Å². The smallest absolute Gasteiger partial charge is 0.145 e. The Balaban J connectivity index is 2.53. The zero-order valence-corrected chi connectivity index (χ0v) is 8.86. The summed E-state index contributed by atoms with van der Waals surface area (Å²) in [6, 6.07) is 7.95. The van der Waals surface area contributed by atoms with Gasteiger partial charge in [0, 0.05) is 18.7 Å². The lowest BCUT2D eigenvalue weighted by atomic mass is 10.1. The van der Waals surface area contributed by atoms with Crippen molar-refractivity contribution in [2.24, 2.45) is 0 Å². The van der Waals surface area contributed by atoms with E-state index in [4.69, 9.17) is 9.47 Å². The molecular weight excluding hydrogens is 190 g/mol. The van der Waals surface area contributed by atoms with E-state index in [9.17, 15) is 0 Å². The van der Waals surface area contributed by atoms with Crippen LogP contribution in [0.2, 0.25) is 0 Å². The molecule has 0 aliphatic heterocycles. The van der Waals surface area contributed by atoms with Crippen LogP contribution >= 0.6 is 0 Å². The highest BCUT2D eigenvalue weighted by Gasteiger charge is 2.02. The van der Waals surface area contributed by atoms with Gasteiger partial charge in [-0.2, -0.15) is 0 Å². The Morgan fingerprint density at radius 2 is 2.13 bits per heavy atom. The van der Waals surface area contributed by atoms with Crippen molar-refractivity contribution in [1.29, 1.82) is 0 Å². The summed E-state index contributed by atoms with van der Waals surface area (Å²) in [7, 11) is 3.33. The third-order valence-electron chi connectivity index (χ3n) is 2.26. The zero-order chi connectivity index (χ0) is 10.7. The fourth-order valence-electron chi connectivity index (χ4n) is 1.59. The molecule has 3 nitrogen and oxygen atoms in total. The fourth-order valence-corrected chi connectivity index (χ4v) is 1.59. The molecule has 0 aliphatic rings. The second-order valence-corrected chi connectivity index (χ2v) is 3.31. The first kappa shape index (κ1) is 9.93. The molecule has 0 saturated carbocycles. The average Bonchev–Trinajstić information content (AvgIpc) is 2.28. The van der Waals surface area contributed by atoms with E-state index in [1.165, 1.54) is 0 Å². The number of methoxy groups -OCH3 is 2. The Morgan fingerprint density at radius 1 is 1.27 bits per heavy atom. The third-order valence-corrected chi connectivity index (χ3v) is 2.26. The minimum Gasteiger partial charge on any atom is -0.494 e. The summed E-state index contributed by atoms with van der Waals surface area (Å²) in [5.74, 6) is 0.802. The highest BCUT2D eigenvalue weighted by atomic mass is 16.5. The van der Waals surface area contributed by atoms with E-state index in [1.807, 2.05) is 24.4 Å². The van der Waals surface area contributed by atoms with E-state index in [0.717, 1.165) is 22.2 Å². The monoisotopic (exact) mass is 203 g/mol. The topological polar surface area (TPSA) is 31.4 Å². The van der Waals surface area contributed by atoms with Crippen LogP contribution in [0.4, 0.5) is 0 Å². The molecule has 0 bridgehead atoms. The lowest BCUT2D eigenvalue weighted by Crippen LogP contribution is -1.91. The van der Waals surface area contributed by atoms with Crippen LogP contribution in [0.3, 0.4) is 0 Å². The molecule has 1 aromatic heterocycles. The standard InChI is InChI=1S/C12H13NO2/c1-14-8-9-6-10-4-3-5-11(15-2)12(10)13-7-9/h3-7H,8H2,1-2H3. The maximum atomic E-state index is 5.23. The number of hydrogen-bond donors (Lipinski definition) is 0. The predicted molar refractivity (Wildman–Crippen MR) is 59.0 cm³/mol. The minimum absolute atomic E-state index is 0.583. The quantitative estimate of drug-likeness (QED) is 0.767. The van der Waals surface area contributed by atoms with Crippen LogP contribution in [0.15, 0.2) is 30.5 Å². The van der Waals surface area contributed by atoms with Crippen LogP contribution in [-0.2, 0) is 11.3 Å². The van der Waals surface area contributed by atoms with Crippen molar-refractivity contribution < 1.29 is 9.47 Å². The van der Waals surface area contributed by atoms with Gasteiger partial charge < -0.3 is 9.47 Å². The first-order chi connectivity index (χ1) is 7.35. The molecular formula is C12H13NO2. The van der Waals surface area contributed by atoms with E-state index in [-0.39, 0.29) is 0 Å². The second kappa shape index (κ2) is 4.28. The van der Waals surface area contributed by atoms with E-state index in [0.29, 0.717) is 6.61 Å². The molecule has 1 aromatic carbocycles. The molecule has 78 valence electrons. The molecule has 2 rings (SSSR count). The van der Waals surface area contributed by atoms with Crippen LogP contribution in [0.1, 0.15) is 5.56 Å². The Kier molecular flexibility index (Phi) is 2.83. The van der Waals surface area contributed by atoms with E-state index < -0.39 is 0 Å². The number of rotatable bonds is 3. The number of benzene rings is 1. The molecule has 0 saturated heterocycles. The number of nitrogens with zero attached hydrogens (tertiary/aromatic N) is 1. The summed E-state index contributed by atoms with van der Waals surface area (Å²) in [5.41, 5.74) is 1.96. The number of hydrogen-bond acceptors (Lipinski definition) is 3. The minimum atomic E-state index is 0.583. The van der Waals surface area contributed by atoms with E-state index >= 15 is 0 Å². The third kappa shape index (κ3) is 1.92. The highest BCUT2D eigenvalue weighted by Crippen LogP contribution is 2.23. The summed E-state index contributed by atoms with van der Waals surface area (Å²) in [4.78, 5) is 4.37. The molecule has 0 N–H and O–H groups in total.